The maximum atomic E-state index is 13.2. The quantitative estimate of drug-likeness (QED) is 0.691. The van der Waals surface area contributed by atoms with E-state index in [1.807, 2.05) is 6.07 Å². The van der Waals surface area contributed by atoms with E-state index in [-0.39, 0.29) is 30.5 Å². The normalized spacial score (nSPS) is 12.9. The van der Waals surface area contributed by atoms with E-state index in [9.17, 15) is 18.8 Å². The van der Waals surface area contributed by atoms with Gasteiger partial charge in [0.05, 0.1) is 11.6 Å². The Labute approximate surface area is 169 Å². The van der Waals surface area contributed by atoms with Crippen molar-refractivity contribution in [2.75, 3.05) is 4.90 Å². The third-order valence-corrected chi connectivity index (χ3v) is 4.77. The zero-order valence-corrected chi connectivity index (χ0v) is 15.8. The smallest absolute Gasteiger partial charge is 0.350 e. The number of carbonyl (C=O) groups excluding carboxylic acids is 2. The van der Waals surface area contributed by atoms with Crippen molar-refractivity contribution in [1.82, 2.24) is 19.7 Å². The van der Waals surface area contributed by atoms with Crippen LogP contribution in [-0.4, -0.2) is 26.3 Å². The number of nitrogens with zero attached hydrogens (tertiary/aromatic N) is 4. The van der Waals surface area contributed by atoms with Gasteiger partial charge < -0.3 is 5.32 Å². The topological polar surface area (TPSA) is 89.2 Å². The van der Waals surface area contributed by atoms with Crippen LogP contribution in [0.25, 0.3) is 0 Å². The lowest BCUT2D eigenvalue weighted by molar-refractivity contribution is -0.122. The lowest BCUT2D eigenvalue weighted by atomic mass is 10.2. The Morgan fingerprint density at radius 1 is 1.17 bits per heavy atom. The van der Waals surface area contributed by atoms with Crippen LogP contribution in [0, 0.1) is 5.82 Å². The average molecular weight is 416 g/mol. The van der Waals surface area contributed by atoms with Gasteiger partial charge in [0, 0.05) is 12.2 Å². The molecular formula is C19H15ClFN5O3. The molecule has 0 bridgehead atoms. The van der Waals surface area contributed by atoms with Crippen molar-refractivity contribution in [2.24, 2.45) is 0 Å². The van der Waals surface area contributed by atoms with Crippen molar-refractivity contribution in [3.05, 3.63) is 81.2 Å². The van der Waals surface area contributed by atoms with Gasteiger partial charge in [0.2, 0.25) is 5.91 Å². The predicted molar refractivity (Wildman–Crippen MR) is 103 cm³/mol. The first-order valence-corrected chi connectivity index (χ1v) is 9.08. The number of rotatable bonds is 5. The molecule has 2 amide bonds. The molecule has 3 aromatic rings. The molecule has 0 saturated carbocycles. The number of aromatic nitrogens is 3. The largest absolute Gasteiger partial charge is 0.365 e. The number of carbonyl (C=O) groups is 2. The van der Waals surface area contributed by atoms with Gasteiger partial charge >= 0.3 is 11.7 Å². The maximum Gasteiger partial charge on any atom is 0.365 e. The molecule has 148 valence electrons. The lowest BCUT2D eigenvalue weighted by Gasteiger charge is -2.15. The van der Waals surface area contributed by atoms with E-state index in [0.29, 0.717) is 11.3 Å². The Bertz CT molecular complexity index is 1160. The molecule has 10 heteroatoms. The third-order valence-electron chi connectivity index (χ3n) is 4.48. The van der Waals surface area contributed by atoms with E-state index < -0.39 is 23.4 Å². The number of hydrogen-bond acceptors (Lipinski definition) is 4. The van der Waals surface area contributed by atoms with E-state index in [2.05, 4.69) is 10.3 Å². The summed E-state index contributed by atoms with van der Waals surface area (Å²) in [6, 6.07) is 12.6. The number of nitrogens with one attached hydrogen (secondary N) is 1. The van der Waals surface area contributed by atoms with Crippen molar-refractivity contribution < 1.29 is 14.0 Å². The fourth-order valence-electron chi connectivity index (χ4n) is 3.07. The molecule has 4 rings (SSSR count). The summed E-state index contributed by atoms with van der Waals surface area (Å²) in [5, 5.41) is 2.57. The molecule has 0 unspecified atom stereocenters. The summed E-state index contributed by atoms with van der Waals surface area (Å²) >= 11 is 5.72. The molecule has 0 spiro atoms. The minimum atomic E-state index is -0.680. The Balaban J connectivity index is 1.48. The second-order valence-corrected chi connectivity index (χ2v) is 6.82. The first kappa shape index (κ1) is 18.9. The van der Waals surface area contributed by atoms with Crippen molar-refractivity contribution >= 4 is 29.2 Å². The average Bonchev–Trinajstić information content (AvgIpc) is 3.19. The number of fused-ring (bicyclic) bond motifs is 1. The second kappa shape index (κ2) is 7.51. The Morgan fingerprint density at radius 2 is 1.93 bits per heavy atom. The molecule has 1 aliphatic rings. The highest BCUT2D eigenvalue weighted by atomic mass is 35.5. The molecule has 1 N–H and O–H groups in total. The van der Waals surface area contributed by atoms with E-state index >= 15 is 0 Å². The number of halogens is 2. The van der Waals surface area contributed by atoms with Crippen LogP contribution < -0.4 is 15.9 Å². The summed E-state index contributed by atoms with van der Waals surface area (Å²) in [6.45, 7) is -0.144. The first-order chi connectivity index (χ1) is 13.9. The lowest BCUT2D eigenvalue weighted by Crippen LogP contribution is -2.38. The summed E-state index contributed by atoms with van der Waals surface area (Å²) < 4.78 is 15.3. The van der Waals surface area contributed by atoms with E-state index in [1.54, 1.807) is 24.3 Å². The third kappa shape index (κ3) is 3.64. The van der Waals surface area contributed by atoms with Crippen LogP contribution in [0.15, 0.2) is 53.3 Å². The van der Waals surface area contributed by atoms with Gasteiger partial charge in [-0.2, -0.15) is 9.67 Å². The van der Waals surface area contributed by atoms with Gasteiger partial charge in [-0.3, -0.25) is 9.69 Å². The fourth-order valence-corrected chi connectivity index (χ4v) is 3.27. The van der Waals surface area contributed by atoms with E-state index in [4.69, 9.17) is 11.6 Å². The number of benzene rings is 2. The van der Waals surface area contributed by atoms with Gasteiger partial charge in [-0.1, -0.05) is 35.9 Å². The molecule has 1 aliphatic heterocycles. The van der Waals surface area contributed by atoms with Gasteiger partial charge in [0.25, 0.3) is 0 Å². The highest BCUT2D eigenvalue weighted by Crippen LogP contribution is 2.22. The summed E-state index contributed by atoms with van der Waals surface area (Å²) in [7, 11) is 0. The number of anilines is 1. The fraction of sp³-hybridized carbons (Fsp3) is 0.158. The summed E-state index contributed by atoms with van der Waals surface area (Å²) in [5.41, 5.74) is 0.586. The molecule has 2 aromatic carbocycles. The minimum Gasteiger partial charge on any atom is -0.350 e. The predicted octanol–water partition coefficient (Wildman–Crippen LogP) is 2.14. The highest BCUT2D eigenvalue weighted by Gasteiger charge is 2.33. The van der Waals surface area contributed by atoms with Gasteiger partial charge in [-0.05, 0) is 29.8 Å². The summed E-state index contributed by atoms with van der Waals surface area (Å²) in [6.07, 6.45) is 0. The van der Waals surface area contributed by atoms with Crippen LogP contribution in [0.3, 0.4) is 0 Å². The van der Waals surface area contributed by atoms with E-state index in [0.717, 1.165) is 9.36 Å². The molecular weight excluding hydrogens is 401 g/mol. The SMILES string of the molecule is O=C(Cn1c(=O)nc2n1C(=O)N(c1ccccc1)C2)NCc1ccc(F)c(Cl)c1. The van der Waals surface area contributed by atoms with Crippen LogP contribution in [-0.2, 0) is 24.4 Å². The van der Waals surface area contributed by atoms with Crippen LogP contribution in [0.1, 0.15) is 11.4 Å². The minimum absolute atomic E-state index is 0.0480. The molecule has 0 radical (unpaired) electrons. The van der Waals surface area contributed by atoms with E-state index in [1.165, 1.54) is 23.1 Å². The molecule has 29 heavy (non-hydrogen) atoms. The van der Waals surface area contributed by atoms with Crippen LogP contribution in [0.4, 0.5) is 14.9 Å². The van der Waals surface area contributed by atoms with Gasteiger partial charge in [0.15, 0.2) is 5.82 Å². The molecule has 0 fully saturated rings. The van der Waals surface area contributed by atoms with Crippen molar-refractivity contribution in [2.45, 2.75) is 19.6 Å². The molecule has 1 aromatic heterocycles. The summed E-state index contributed by atoms with van der Waals surface area (Å²) in [5.74, 6) is -0.784. The molecule has 0 saturated heterocycles. The van der Waals surface area contributed by atoms with Crippen LogP contribution in [0.5, 0.6) is 0 Å². The van der Waals surface area contributed by atoms with Gasteiger partial charge in [-0.15, -0.1) is 0 Å². The Hall–Kier alpha value is -3.46. The van der Waals surface area contributed by atoms with Crippen molar-refractivity contribution in [3.63, 3.8) is 0 Å². The number of hydrogen-bond donors (Lipinski definition) is 1. The molecule has 2 heterocycles. The summed E-state index contributed by atoms with van der Waals surface area (Å²) in [4.78, 5) is 42.6. The molecule has 0 aliphatic carbocycles. The first-order valence-electron chi connectivity index (χ1n) is 8.70. The Kier molecular flexibility index (Phi) is 4.89. The number of para-hydroxylation sites is 1. The Morgan fingerprint density at radius 3 is 2.66 bits per heavy atom. The van der Waals surface area contributed by atoms with Crippen molar-refractivity contribution in [3.8, 4) is 0 Å². The zero-order chi connectivity index (χ0) is 20.5. The maximum absolute atomic E-state index is 13.2. The molecule has 0 atom stereocenters. The second-order valence-electron chi connectivity index (χ2n) is 6.41. The van der Waals surface area contributed by atoms with Crippen LogP contribution >= 0.6 is 11.6 Å². The van der Waals surface area contributed by atoms with Crippen LogP contribution in [0.2, 0.25) is 5.02 Å². The number of amides is 2. The zero-order valence-electron chi connectivity index (χ0n) is 15.0. The van der Waals surface area contributed by atoms with Crippen molar-refractivity contribution in [1.29, 1.82) is 0 Å². The van der Waals surface area contributed by atoms with Gasteiger partial charge in [-0.25, -0.2) is 18.7 Å². The molecule has 8 nitrogen and oxygen atoms in total. The highest BCUT2D eigenvalue weighted by molar-refractivity contribution is 6.30. The monoisotopic (exact) mass is 415 g/mol. The van der Waals surface area contributed by atoms with Gasteiger partial charge in [0.1, 0.15) is 12.4 Å². The standard InChI is InChI=1S/C19H15ClFN5O3/c20-14-8-12(6-7-15(14)21)9-22-17(27)11-25-18(28)23-16-10-24(19(29)26(16)25)13-4-2-1-3-5-13/h1-8H,9-11H2,(H,22,27).